The summed E-state index contributed by atoms with van der Waals surface area (Å²) in [4.78, 5) is 2.44. The van der Waals surface area contributed by atoms with Crippen LogP contribution in [0.25, 0.3) is 66.1 Å². The lowest BCUT2D eigenvalue weighted by atomic mass is 9.82. The van der Waals surface area contributed by atoms with Crippen LogP contribution >= 0.6 is 0 Å². The third kappa shape index (κ3) is 5.55. The number of fused-ring (bicyclic) bond motifs is 6. The minimum Gasteiger partial charge on any atom is -0.310 e. The number of hydrogen-bond donors (Lipinski definition) is 0. The molecule has 0 N–H and O–H groups in total. The Bertz CT molecular complexity index is 2880. The van der Waals surface area contributed by atoms with Crippen LogP contribution in [0.1, 0.15) is 30.5 Å². The zero-order valence-electron chi connectivity index (χ0n) is 31.4. The second kappa shape index (κ2) is 13.0. The van der Waals surface area contributed by atoms with Crippen LogP contribution in [0.5, 0.6) is 0 Å². The van der Waals surface area contributed by atoms with Crippen molar-refractivity contribution in [1.29, 1.82) is 0 Å². The Kier molecular flexibility index (Phi) is 7.78. The van der Waals surface area contributed by atoms with Crippen molar-refractivity contribution in [3.63, 3.8) is 0 Å². The molecule has 0 unspecified atom stereocenters. The van der Waals surface area contributed by atoms with Crippen LogP contribution < -0.4 is 4.90 Å². The fourth-order valence-electron chi connectivity index (χ4n) is 8.91. The molecule has 0 heterocycles. The topological polar surface area (TPSA) is 3.24 Å². The van der Waals surface area contributed by atoms with Gasteiger partial charge in [-0.2, -0.15) is 0 Å². The van der Waals surface area contributed by atoms with Crippen molar-refractivity contribution in [2.75, 3.05) is 4.90 Å². The molecule has 0 bridgehead atoms. The fraction of sp³-hybridized carbons (Fsp3) is 0.0741. The van der Waals surface area contributed by atoms with Gasteiger partial charge in [-0.25, -0.2) is 0 Å². The van der Waals surface area contributed by atoms with Gasteiger partial charge in [-0.1, -0.05) is 166 Å². The summed E-state index contributed by atoms with van der Waals surface area (Å²) < 4.78 is 0. The molecule has 10 rings (SSSR count). The van der Waals surface area contributed by atoms with Gasteiger partial charge in [0.15, 0.2) is 0 Å². The first-order valence-electron chi connectivity index (χ1n) is 19.3. The number of rotatable bonds is 6. The molecular formula is C54H41N. The largest absolute Gasteiger partial charge is 0.310 e. The maximum absolute atomic E-state index is 2.44. The van der Waals surface area contributed by atoms with Crippen LogP contribution in [0, 0.1) is 6.92 Å². The molecule has 0 aromatic heterocycles. The monoisotopic (exact) mass is 703 g/mol. The molecule has 55 heavy (non-hydrogen) atoms. The van der Waals surface area contributed by atoms with Crippen molar-refractivity contribution in [3.8, 4) is 44.5 Å². The van der Waals surface area contributed by atoms with Gasteiger partial charge in [0.1, 0.15) is 0 Å². The van der Waals surface area contributed by atoms with E-state index in [1.165, 1.54) is 88.4 Å². The fourth-order valence-corrected chi connectivity index (χ4v) is 8.91. The summed E-state index contributed by atoms with van der Waals surface area (Å²) in [7, 11) is 0. The summed E-state index contributed by atoms with van der Waals surface area (Å²) >= 11 is 0. The smallest absolute Gasteiger partial charge is 0.0491 e. The van der Waals surface area contributed by atoms with Gasteiger partial charge in [0.2, 0.25) is 0 Å². The highest BCUT2D eigenvalue weighted by Crippen LogP contribution is 2.51. The highest BCUT2D eigenvalue weighted by atomic mass is 15.1. The standard InChI is InChI=1S/C54H41N/c1-36-33-42(50-34-41-15-7-8-16-45(41)46-17-9-10-18-47(46)50)27-32-53(36)55(44-30-31-49-48-19-11-12-20-51(48)54(2,3)52(49)35-44)43-28-25-40(26-29-43)39-23-21-38(22-24-39)37-13-5-4-6-14-37/h4-35H,1-3H3. The Labute approximate surface area is 323 Å². The van der Waals surface area contributed by atoms with Crippen molar-refractivity contribution >= 4 is 38.6 Å². The van der Waals surface area contributed by atoms with Gasteiger partial charge in [-0.3, -0.25) is 0 Å². The summed E-state index contributed by atoms with van der Waals surface area (Å²) in [6.07, 6.45) is 0. The maximum atomic E-state index is 2.44. The van der Waals surface area contributed by atoms with Gasteiger partial charge in [-0.15, -0.1) is 0 Å². The average Bonchev–Trinajstić information content (AvgIpc) is 3.47. The van der Waals surface area contributed by atoms with Crippen LogP contribution in [-0.2, 0) is 5.41 Å². The molecule has 1 nitrogen and oxygen atoms in total. The molecule has 1 aliphatic carbocycles. The minimum atomic E-state index is -0.0978. The lowest BCUT2D eigenvalue weighted by Crippen LogP contribution is -2.17. The number of aryl methyl sites for hydroxylation is 1. The Balaban J connectivity index is 1.08. The predicted molar refractivity (Wildman–Crippen MR) is 235 cm³/mol. The zero-order chi connectivity index (χ0) is 37.1. The van der Waals surface area contributed by atoms with Crippen LogP contribution in [-0.4, -0.2) is 0 Å². The molecule has 0 atom stereocenters. The molecule has 0 radical (unpaired) electrons. The van der Waals surface area contributed by atoms with Crippen LogP contribution in [0.2, 0.25) is 0 Å². The number of benzene rings is 9. The quantitative estimate of drug-likeness (QED) is 0.156. The first-order chi connectivity index (χ1) is 26.9. The zero-order valence-corrected chi connectivity index (χ0v) is 31.4. The van der Waals surface area contributed by atoms with Crippen molar-refractivity contribution in [3.05, 3.63) is 211 Å². The van der Waals surface area contributed by atoms with Crippen molar-refractivity contribution in [1.82, 2.24) is 0 Å². The van der Waals surface area contributed by atoms with E-state index in [-0.39, 0.29) is 5.41 Å². The predicted octanol–water partition coefficient (Wildman–Crippen LogP) is 15.1. The lowest BCUT2D eigenvalue weighted by Gasteiger charge is -2.29. The molecule has 0 spiro atoms. The average molecular weight is 704 g/mol. The molecule has 0 amide bonds. The third-order valence-corrected chi connectivity index (χ3v) is 11.8. The highest BCUT2D eigenvalue weighted by Gasteiger charge is 2.35. The Morgan fingerprint density at radius 2 is 0.909 bits per heavy atom. The first kappa shape index (κ1) is 32.9. The van der Waals surface area contributed by atoms with Crippen molar-refractivity contribution in [2.24, 2.45) is 0 Å². The summed E-state index contributed by atoms with van der Waals surface area (Å²) in [6.45, 7) is 6.97. The van der Waals surface area contributed by atoms with E-state index in [0.29, 0.717) is 0 Å². The minimum absolute atomic E-state index is 0.0978. The molecule has 9 aromatic carbocycles. The maximum Gasteiger partial charge on any atom is 0.0491 e. The summed E-state index contributed by atoms with van der Waals surface area (Å²) in [5.41, 5.74) is 17.3. The van der Waals surface area contributed by atoms with Crippen molar-refractivity contribution in [2.45, 2.75) is 26.2 Å². The van der Waals surface area contributed by atoms with Gasteiger partial charge in [0.25, 0.3) is 0 Å². The summed E-state index contributed by atoms with van der Waals surface area (Å²) in [6, 6.07) is 71.4. The van der Waals surface area contributed by atoms with E-state index in [1.807, 2.05) is 0 Å². The number of hydrogen-bond acceptors (Lipinski definition) is 1. The number of anilines is 3. The van der Waals surface area contributed by atoms with E-state index in [2.05, 4.69) is 220 Å². The number of nitrogens with zero attached hydrogens (tertiary/aromatic N) is 1. The summed E-state index contributed by atoms with van der Waals surface area (Å²) in [5.74, 6) is 0. The van der Waals surface area contributed by atoms with Gasteiger partial charge in [0, 0.05) is 22.5 Å². The van der Waals surface area contributed by atoms with Crippen LogP contribution in [0.4, 0.5) is 17.1 Å². The van der Waals surface area contributed by atoms with Crippen LogP contribution in [0.3, 0.4) is 0 Å². The molecular weight excluding hydrogens is 663 g/mol. The molecule has 262 valence electrons. The third-order valence-electron chi connectivity index (χ3n) is 11.8. The second-order valence-electron chi connectivity index (χ2n) is 15.4. The lowest BCUT2D eigenvalue weighted by molar-refractivity contribution is 0.660. The van der Waals surface area contributed by atoms with Gasteiger partial charge >= 0.3 is 0 Å². The Hall–Kier alpha value is -6.70. The molecule has 0 saturated carbocycles. The molecule has 1 aliphatic rings. The summed E-state index contributed by atoms with van der Waals surface area (Å²) in [5, 5.41) is 5.11. The molecule has 0 saturated heterocycles. The molecule has 9 aromatic rings. The van der Waals surface area contributed by atoms with E-state index >= 15 is 0 Å². The van der Waals surface area contributed by atoms with Gasteiger partial charge in [-0.05, 0) is 132 Å². The van der Waals surface area contributed by atoms with E-state index in [9.17, 15) is 0 Å². The van der Waals surface area contributed by atoms with E-state index in [4.69, 9.17) is 0 Å². The highest BCUT2D eigenvalue weighted by molar-refractivity contribution is 6.13. The Morgan fingerprint density at radius 3 is 1.64 bits per heavy atom. The first-order valence-corrected chi connectivity index (χ1v) is 19.3. The molecule has 0 fully saturated rings. The van der Waals surface area contributed by atoms with Gasteiger partial charge < -0.3 is 4.90 Å². The van der Waals surface area contributed by atoms with Crippen molar-refractivity contribution < 1.29 is 0 Å². The van der Waals surface area contributed by atoms with E-state index < -0.39 is 0 Å². The van der Waals surface area contributed by atoms with E-state index in [1.54, 1.807) is 0 Å². The second-order valence-corrected chi connectivity index (χ2v) is 15.4. The normalized spacial score (nSPS) is 12.8. The van der Waals surface area contributed by atoms with Gasteiger partial charge in [0.05, 0.1) is 0 Å². The SMILES string of the molecule is Cc1cc(-c2cc3ccccc3c3ccccc23)ccc1N(c1ccc(-c2ccc(-c3ccccc3)cc2)cc1)c1ccc2c(c1)C(C)(C)c1ccccc1-2. The van der Waals surface area contributed by atoms with E-state index in [0.717, 1.165) is 11.4 Å². The molecule has 0 aliphatic heterocycles. The molecule has 1 heteroatoms. The van der Waals surface area contributed by atoms with Crippen LogP contribution in [0.15, 0.2) is 194 Å². The Morgan fingerprint density at radius 1 is 0.364 bits per heavy atom.